The lowest BCUT2D eigenvalue weighted by atomic mass is 9.66. The van der Waals surface area contributed by atoms with Crippen molar-refractivity contribution in [2.75, 3.05) is 19.8 Å². The third kappa shape index (κ3) is 0.984. The summed E-state index contributed by atoms with van der Waals surface area (Å²) >= 11 is 0. The van der Waals surface area contributed by atoms with Crippen molar-refractivity contribution in [3.8, 4) is 0 Å². The van der Waals surface area contributed by atoms with E-state index in [1.165, 1.54) is 0 Å². The molecule has 0 radical (unpaired) electrons. The Morgan fingerprint density at radius 1 is 1.38 bits per heavy atom. The minimum atomic E-state index is -1.83. The fourth-order valence-electron chi connectivity index (χ4n) is 2.98. The molecule has 0 amide bonds. The Bertz CT molecular complexity index is 401. The Kier molecular flexibility index (Phi) is 1.83. The Balaban J connectivity index is 2.20. The van der Waals surface area contributed by atoms with Gasteiger partial charge in [-0.1, -0.05) is 6.92 Å². The van der Waals surface area contributed by atoms with E-state index < -0.39 is 17.7 Å². The predicted octanol–water partition coefficient (Wildman–Crippen LogP) is -0.628. The largest absolute Gasteiger partial charge is 0.459 e. The van der Waals surface area contributed by atoms with Crippen LogP contribution in [-0.2, 0) is 14.3 Å². The molecule has 0 aromatic rings. The normalized spacial score (nSPS) is 46.7. The fraction of sp³-hybridized carbons (Fsp3) is 0.727. The molecule has 5 heteroatoms. The minimum Gasteiger partial charge on any atom is -0.459 e. The van der Waals surface area contributed by atoms with Crippen molar-refractivity contribution in [2.24, 2.45) is 5.41 Å². The lowest BCUT2D eigenvalue weighted by Crippen LogP contribution is -2.53. The van der Waals surface area contributed by atoms with Gasteiger partial charge in [0.15, 0.2) is 0 Å². The molecular weight excluding hydrogens is 212 g/mol. The van der Waals surface area contributed by atoms with E-state index in [1.807, 2.05) is 6.92 Å². The van der Waals surface area contributed by atoms with Gasteiger partial charge in [-0.2, -0.15) is 0 Å². The van der Waals surface area contributed by atoms with Crippen LogP contribution in [0.1, 0.15) is 13.3 Å². The van der Waals surface area contributed by atoms with Crippen molar-refractivity contribution in [3.63, 3.8) is 0 Å². The lowest BCUT2D eigenvalue weighted by Gasteiger charge is -2.39. The van der Waals surface area contributed by atoms with Crippen LogP contribution in [0.3, 0.4) is 0 Å². The van der Waals surface area contributed by atoms with Crippen LogP contribution in [0.5, 0.6) is 0 Å². The molecule has 0 aromatic carbocycles. The first kappa shape index (κ1) is 10.3. The molecule has 16 heavy (non-hydrogen) atoms. The first-order valence-corrected chi connectivity index (χ1v) is 5.37. The van der Waals surface area contributed by atoms with Crippen LogP contribution < -0.4 is 0 Å². The van der Waals surface area contributed by atoms with E-state index in [0.29, 0.717) is 25.2 Å². The molecule has 5 nitrogen and oxygen atoms in total. The van der Waals surface area contributed by atoms with Crippen LogP contribution >= 0.6 is 0 Å². The Labute approximate surface area is 92.7 Å². The van der Waals surface area contributed by atoms with E-state index in [9.17, 15) is 15.0 Å². The van der Waals surface area contributed by atoms with Crippen molar-refractivity contribution in [1.29, 1.82) is 0 Å². The van der Waals surface area contributed by atoms with Gasteiger partial charge in [0.25, 0.3) is 0 Å². The van der Waals surface area contributed by atoms with E-state index in [2.05, 4.69) is 0 Å². The molecule has 2 aliphatic heterocycles. The Morgan fingerprint density at radius 3 is 2.88 bits per heavy atom. The molecule has 0 saturated carbocycles. The van der Waals surface area contributed by atoms with Gasteiger partial charge in [0.1, 0.15) is 6.61 Å². The molecule has 0 unspecified atom stereocenters. The highest BCUT2D eigenvalue weighted by atomic mass is 16.6. The predicted molar refractivity (Wildman–Crippen MR) is 52.5 cm³/mol. The molecule has 2 heterocycles. The fourth-order valence-corrected chi connectivity index (χ4v) is 2.98. The second-order valence-corrected chi connectivity index (χ2v) is 5.07. The van der Waals surface area contributed by atoms with Gasteiger partial charge in [-0.25, -0.2) is 4.79 Å². The van der Waals surface area contributed by atoms with E-state index in [-0.39, 0.29) is 12.0 Å². The maximum Gasteiger partial charge on any atom is 0.345 e. The van der Waals surface area contributed by atoms with Gasteiger partial charge in [-0.3, -0.25) is 0 Å². The van der Waals surface area contributed by atoms with Crippen LogP contribution in [0.25, 0.3) is 0 Å². The molecule has 0 spiro atoms. The number of carbonyl (C=O) groups excluding carboxylic acids is 1. The van der Waals surface area contributed by atoms with Gasteiger partial charge < -0.3 is 19.7 Å². The summed E-state index contributed by atoms with van der Waals surface area (Å²) in [6, 6.07) is 0. The summed E-state index contributed by atoms with van der Waals surface area (Å²) in [5, 5.41) is 20.3. The number of rotatable bonds is 0. The zero-order chi connectivity index (χ0) is 11.6. The SMILES string of the molecule is C[C@@]12COCC1=C1COC(=O)[C@]1(O)[C@@H](O)C2. The molecule has 2 fully saturated rings. The van der Waals surface area contributed by atoms with Gasteiger partial charge in [-0.15, -0.1) is 0 Å². The molecule has 3 rings (SSSR count). The van der Waals surface area contributed by atoms with Crippen LogP contribution in [-0.4, -0.2) is 47.7 Å². The summed E-state index contributed by atoms with van der Waals surface area (Å²) < 4.78 is 10.2. The number of ether oxygens (including phenoxy) is 2. The van der Waals surface area contributed by atoms with Crippen molar-refractivity contribution in [2.45, 2.75) is 25.0 Å². The summed E-state index contributed by atoms with van der Waals surface area (Å²) in [6.07, 6.45) is -0.773. The number of fused-ring (bicyclic) bond motifs is 2. The van der Waals surface area contributed by atoms with Gasteiger partial charge >= 0.3 is 5.97 Å². The highest BCUT2D eigenvalue weighted by Crippen LogP contribution is 2.50. The second kappa shape index (κ2) is 2.85. The van der Waals surface area contributed by atoms with Crippen LogP contribution in [0, 0.1) is 5.41 Å². The van der Waals surface area contributed by atoms with Crippen molar-refractivity contribution < 1.29 is 24.5 Å². The minimum absolute atomic E-state index is 0.0701. The highest BCUT2D eigenvalue weighted by Gasteiger charge is 2.61. The highest BCUT2D eigenvalue weighted by molar-refractivity contribution is 5.88. The number of cyclic esters (lactones) is 1. The maximum absolute atomic E-state index is 11.5. The smallest absolute Gasteiger partial charge is 0.345 e. The monoisotopic (exact) mass is 226 g/mol. The van der Waals surface area contributed by atoms with Crippen molar-refractivity contribution in [1.82, 2.24) is 0 Å². The van der Waals surface area contributed by atoms with Crippen LogP contribution in [0.15, 0.2) is 11.1 Å². The van der Waals surface area contributed by atoms with Gasteiger partial charge in [0, 0.05) is 11.0 Å². The molecule has 2 saturated heterocycles. The summed E-state index contributed by atoms with van der Waals surface area (Å²) in [7, 11) is 0. The number of hydrogen-bond acceptors (Lipinski definition) is 5. The second-order valence-electron chi connectivity index (χ2n) is 5.07. The van der Waals surface area contributed by atoms with E-state index >= 15 is 0 Å². The first-order chi connectivity index (χ1) is 7.48. The molecular formula is C11H14O5. The van der Waals surface area contributed by atoms with Crippen LogP contribution in [0.4, 0.5) is 0 Å². The van der Waals surface area contributed by atoms with E-state index in [1.54, 1.807) is 0 Å². The molecule has 3 atom stereocenters. The Morgan fingerprint density at radius 2 is 2.12 bits per heavy atom. The molecule has 2 N–H and O–H groups in total. The number of carbonyl (C=O) groups is 1. The van der Waals surface area contributed by atoms with Gasteiger partial charge in [0.05, 0.1) is 19.3 Å². The van der Waals surface area contributed by atoms with Gasteiger partial charge in [-0.05, 0) is 12.0 Å². The standard InChI is InChI=1S/C11H14O5/c1-10-2-8(12)11(14)7(4-16-9(11)13)6(10)3-15-5-10/h8,12,14H,2-5H2,1H3/t8-,10+,11+/m0/s1. The number of aliphatic hydroxyl groups excluding tert-OH is 1. The maximum atomic E-state index is 11.5. The van der Waals surface area contributed by atoms with E-state index in [4.69, 9.17) is 9.47 Å². The summed E-state index contributed by atoms with van der Waals surface area (Å²) in [5.41, 5.74) is -0.667. The average molecular weight is 226 g/mol. The topological polar surface area (TPSA) is 76.0 Å². The lowest BCUT2D eigenvalue weighted by molar-refractivity contribution is -0.163. The quantitative estimate of drug-likeness (QED) is 0.425. The van der Waals surface area contributed by atoms with Crippen molar-refractivity contribution in [3.05, 3.63) is 11.1 Å². The molecule has 1 aliphatic carbocycles. The average Bonchev–Trinajstić information content (AvgIpc) is 2.71. The van der Waals surface area contributed by atoms with Crippen molar-refractivity contribution >= 4 is 5.97 Å². The summed E-state index contributed by atoms with van der Waals surface area (Å²) in [5.74, 6) is -0.739. The summed E-state index contributed by atoms with van der Waals surface area (Å²) in [4.78, 5) is 11.5. The number of hydrogen-bond donors (Lipinski definition) is 2. The molecule has 0 bridgehead atoms. The zero-order valence-corrected chi connectivity index (χ0v) is 9.02. The molecule has 0 aromatic heterocycles. The number of esters is 1. The third-order valence-corrected chi connectivity index (χ3v) is 4.00. The number of aliphatic hydroxyl groups is 2. The first-order valence-electron chi connectivity index (χ1n) is 5.37. The zero-order valence-electron chi connectivity index (χ0n) is 9.02. The summed E-state index contributed by atoms with van der Waals surface area (Å²) in [6.45, 7) is 2.99. The Hall–Kier alpha value is -0.910. The van der Waals surface area contributed by atoms with Crippen LogP contribution in [0.2, 0.25) is 0 Å². The van der Waals surface area contributed by atoms with E-state index in [0.717, 1.165) is 5.57 Å². The molecule has 88 valence electrons. The third-order valence-electron chi connectivity index (χ3n) is 4.00. The molecule has 3 aliphatic rings. The van der Waals surface area contributed by atoms with Gasteiger partial charge in [0.2, 0.25) is 5.60 Å².